The smallest absolute Gasteiger partial charge is 0.287 e. The van der Waals surface area contributed by atoms with Gasteiger partial charge in [0.2, 0.25) is 0 Å². The van der Waals surface area contributed by atoms with Gasteiger partial charge >= 0.3 is 0 Å². The van der Waals surface area contributed by atoms with Crippen LogP contribution in [0.25, 0.3) is 0 Å². The van der Waals surface area contributed by atoms with Crippen LogP contribution in [0.5, 0.6) is 11.5 Å². The van der Waals surface area contributed by atoms with Crippen molar-refractivity contribution in [2.75, 3.05) is 7.11 Å². The molecular weight excluding hydrogens is 346 g/mol. The number of hydrogen-bond acceptors (Lipinski definition) is 5. The van der Waals surface area contributed by atoms with Crippen molar-refractivity contribution in [1.29, 1.82) is 0 Å². The maximum absolute atomic E-state index is 12.4. The van der Waals surface area contributed by atoms with Crippen molar-refractivity contribution in [2.45, 2.75) is 33.0 Å². The Morgan fingerprint density at radius 3 is 2.81 bits per heavy atom. The summed E-state index contributed by atoms with van der Waals surface area (Å²) in [4.78, 5) is 12.4. The molecule has 0 aliphatic rings. The monoisotopic (exact) mass is 369 g/mol. The minimum absolute atomic E-state index is 0.216. The van der Waals surface area contributed by atoms with Gasteiger partial charge in [-0.25, -0.2) is 0 Å². The molecule has 0 saturated carbocycles. The van der Waals surface area contributed by atoms with Crippen LogP contribution in [-0.2, 0) is 13.2 Å². The van der Waals surface area contributed by atoms with Crippen molar-refractivity contribution in [1.82, 2.24) is 15.1 Å². The summed E-state index contributed by atoms with van der Waals surface area (Å²) >= 11 is 0. The van der Waals surface area contributed by atoms with Crippen molar-refractivity contribution < 1.29 is 18.7 Å². The van der Waals surface area contributed by atoms with Crippen molar-refractivity contribution in [3.05, 3.63) is 65.9 Å². The highest BCUT2D eigenvalue weighted by Crippen LogP contribution is 2.20. The molecule has 0 bridgehead atoms. The molecule has 3 rings (SSSR count). The Morgan fingerprint density at radius 1 is 1.26 bits per heavy atom. The summed E-state index contributed by atoms with van der Waals surface area (Å²) < 4.78 is 18.2. The number of ether oxygens (including phenoxy) is 2. The zero-order valence-corrected chi connectivity index (χ0v) is 15.6. The fraction of sp³-hybridized carbons (Fsp3) is 0.300. The van der Waals surface area contributed by atoms with E-state index in [1.807, 2.05) is 49.0 Å². The summed E-state index contributed by atoms with van der Waals surface area (Å²) in [7, 11) is 1.60. The molecule has 0 radical (unpaired) electrons. The first-order valence-corrected chi connectivity index (χ1v) is 8.78. The lowest BCUT2D eigenvalue weighted by molar-refractivity contribution is 0.0907. The summed E-state index contributed by atoms with van der Waals surface area (Å²) in [5.74, 6) is 1.89. The number of nitrogens with zero attached hydrogens (tertiary/aromatic N) is 2. The van der Waals surface area contributed by atoms with E-state index < -0.39 is 0 Å². The molecule has 7 heteroatoms. The van der Waals surface area contributed by atoms with Gasteiger partial charge in [-0.15, -0.1) is 0 Å². The van der Waals surface area contributed by atoms with E-state index in [9.17, 15) is 4.79 Å². The SMILES string of the molecule is CCn1ccc(C(C)NC(=O)c2ccc(COc3cccc(OC)c3)o2)n1. The number of benzene rings is 1. The molecule has 2 heterocycles. The summed E-state index contributed by atoms with van der Waals surface area (Å²) in [6.07, 6.45) is 1.89. The van der Waals surface area contributed by atoms with E-state index in [1.165, 1.54) is 0 Å². The quantitative estimate of drug-likeness (QED) is 0.657. The molecule has 27 heavy (non-hydrogen) atoms. The number of amides is 1. The Labute approximate surface area is 157 Å². The number of methoxy groups -OCH3 is 1. The van der Waals surface area contributed by atoms with Crippen molar-refractivity contribution in [3.8, 4) is 11.5 Å². The number of rotatable bonds is 8. The highest BCUT2D eigenvalue weighted by molar-refractivity contribution is 5.91. The van der Waals surface area contributed by atoms with Crippen LogP contribution in [0.3, 0.4) is 0 Å². The summed E-state index contributed by atoms with van der Waals surface area (Å²) in [5, 5.41) is 7.29. The maximum Gasteiger partial charge on any atom is 0.287 e. The second-order valence-electron chi connectivity index (χ2n) is 6.03. The number of furan rings is 1. The minimum Gasteiger partial charge on any atom is -0.497 e. The van der Waals surface area contributed by atoms with Crippen LogP contribution >= 0.6 is 0 Å². The molecule has 0 aliphatic carbocycles. The van der Waals surface area contributed by atoms with Gasteiger partial charge in [-0.3, -0.25) is 9.48 Å². The predicted molar refractivity (Wildman–Crippen MR) is 99.8 cm³/mol. The van der Waals surface area contributed by atoms with E-state index in [0.717, 1.165) is 12.2 Å². The van der Waals surface area contributed by atoms with E-state index in [2.05, 4.69) is 10.4 Å². The molecule has 0 spiro atoms. The molecule has 2 aromatic heterocycles. The third-order valence-electron chi connectivity index (χ3n) is 4.08. The first-order chi connectivity index (χ1) is 13.1. The number of carbonyl (C=O) groups is 1. The molecule has 7 nitrogen and oxygen atoms in total. The van der Waals surface area contributed by atoms with Gasteiger partial charge in [0.15, 0.2) is 5.76 Å². The second kappa shape index (κ2) is 8.44. The molecule has 0 aliphatic heterocycles. The number of aromatic nitrogens is 2. The zero-order valence-electron chi connectivity index (χ0n) is 15.6. The molecular formula is C20H23N3O4. The van der Waals surface area contributed by atoms with Crippen molar-refractivity contribution in [3.63, 3.8) is 0 Å². The summed E-state index contributed by atoms with van der Waals surface area (Å²) in [6, 6.07) is 12.3. The fourth-order valence-electron chi connectivity index (χ4n) is 2.55. The van der Waals surface area contributed by atoms with Crippen LogP contribution in [0.2, 0.25) is 0 Å². The topological polar surface area (TPSA) is 78.5 Å². The van der Waals surface area contributed by atoms with Crippen molar-refractivity contribution >= 4 is 5.91 Å². The van der Waals surface area contributed by atoms with Crippen molar-refractivity contribution in [2.24, 2.45) is 0 Å². The third-order valence-corrected chi connectivity index (χ3v) is 4.08. The van der Waals surface area contributed by atoms with E-state index in [0.29, 0.717) is 17.3 Å². The molecule has 1 atom stereocenters. The van der Waals surface area contributed by atoms with Gasteiger partial charge in [0, 0.05) is 18.8 Å². The lowest BCUT2D eigenvalue weighted by Gasteiger charge is -2.10. The van der Waals surface area contributed by atoms with E-state index in [1.54, 1.807) is 25.3 Å². The predicted octanol–water partition coefficient (Wildman–Crippen LogP) is 3.57. The first-order valence-electron chi connectivity index (χ1n) is 8.78. The number of nitrogens with one attached hydrogen (secondary N) is 1. The molecule has 1 unspecified atom stereocenters. The Bertz CT molecular complexity index is 900. The number of hydrogen-bond donors (Lipinski definition) is 1. The third kappa shape index (κ3) is 4.69. The van der Waals surface area contributed by atoms with Crippen LogP contribution in [0.15, 0.2) is 53.1 Å². The van der Waals surface area contributed by atoms with E-state index >= 15 is 0 Å². The average molecular weight is 369 g/mol. The van der Waals surface area contributed by atoms with Gasteiger partial charge in [0.25, 0.3) is 5.91 Å². The lowest BCUT2D eigenvalue weighted by atomic mass is 10.2. The molecule has 1 N–H and O–H groups in total. The highest BCUT2D eigenvalue weighted by Gasteiger charge is 2.16. The fourth-order valence-corrected chi connectivity index (χ4v) is 2.55. The van der Waals surface area contributed by atoms with Gasteiger partial charge in [-0.2, -0.15) is 5.10 Å². The Balaban J connectivity index is 1.56. The number of aryl methyl sites for hydroxylation is 1. The van der Waals surface area contributed by atoms with Gasteiger partial charge < -0.3 is 19.2 Å². The van der Waals surface area contributed by atoms with E-state index in [4.69, 9.17) is 13.9 Å². The first kappa shape index (κ1) is 18.6. The summed E-state index contributed by atoms with van der Waals surface area (Å²) in [6.45, 7) is 4.90. The Morgan fingerprint density at radius 2 is 2.07 bits per heavy atom. The zero-order chi connectivity index (χ0) is 19.2. The minimum atomic E-state index is -0.291. The second-order valence-corrected chi connectivity index (χ2v) is 6.03. The standard InChI is InChI=1S/C20H23N3O4/c1-4-23-11-10-18(22-23)14(2)21-20(24)19-9-8-17(27-19)13-26-16-7-5-6-15(12-16)25-3/h5-12,14H,4,13H2,1-3H3,(H,21,24). The van der Waals surface area contributed by atoms with Gasteiger partial charge in [0.1, 0.15) is 23.9 Å². The van der Waals surface area contributed by atoms with Crippen LogP contribution in [0, 0.1) is 0 Å². The molecule has 1 amide bonds. The molecule has 142 valence electrons. The maximum atomic E-state index is 12.4. The molecule has 0 fully saturated rings. The van der Waals surface area contributed by atoms with Crippen LogP contribution < -0.4 is 14.8 Å². The highest BCUT2D eigenvalue weighted by atomic mass is 16.5. The van der Waals surface area contributed by atoms with E-state index in [-0.39, 0.29) is 24.3 Å². The van der Waals surface area contributed by atoms with Gasteiger partial charge in [-0.05, 0) is 44.2 Å². The Hall–Kier alpha value is -3.22. The van der Waals surface area contributed by atoms with Gasteiger partial charge in [-0.1, -0.05) is 6.07 Å². The number of carbonyl (C=O) groups excluding carboxylic acids is 1. The van der Waals surface area contributed by atoms with Crippen LogP contribution in [-0.4, -0.2) is 22.8 Å². The molecule has 3 aromatic rings. The van der Waals surface area contributed by atoms with Gasteiger partial charge in [0.05, 0.1) is 18.8 Å². The molecule has 1 aromatic carbocycles. The Kier molecular flexibility index (Phi) is 5.80. The normalized spacial score (nSPS) is 11.8. The summed E-state index contributed by atoms with van der Waals surface area (Å²) in [5.41, 5.74) is 0.804. The largest absolute Gasteiger partial charge is 0.497 e. The lowest BCUT2D eigenvalue weighted by Crippen LogP contribution is -2.26. The van der Waals surface area contributed by atoms with Crippen LogP contribution in [0.1, 0.15) is 41.9 Å². The average Bonchev–Trinajstić information content (AvgIpc) is 3.36. The van der Waals surface area contributed by atoms with Crippen LogP contribution in [0.4, 0.5) is 0 Å². The molecule has 0 saturated heterocycles.